The minimum Gasteiger partial charge on any atom is -0.303 e. The fourth-order valence-corrected chi connectivity index (χ4v) is 3.38. The molecule has 0 bridgehead atoms. The Balaban J connectivity index is 1.91. The summed E-state index contributed by atoms with van der Waals surface area (Å²) in [5.41, 5.74) is 2.32. The molecule has 4 nitrogen and oxygen atoms in total. The van der Waals surface area contributed by atoms with Crippen molar-refractivity contribution in [3.05, 3.63) is 73.8 Å². The molecule has 0 amide bonds. The highest BCUT2D eigenvalue weighted by molar-refractivity contribution is 7.18. The van der Waals surface area contributed by atoms with Crippen LogP contribution in [0.25, 0.3) is 21.1 Å². The lowest BCUT2D eigenvalue weighted by molar-refractivity contribution is 1.01. The Morgan fingerprint density at radius 1 is 0.857 bits per heavy atom. The number of hydrogen-bond acceptors (Lipinski definition) is 3. The molecule has 0 atom stereocenters. The lowest BCUT2D eigenvalue weighted by Crippen LogP contribution is -1.95. The quantitative estimate of drug-likeness (QED) is 0.576. The summed E-state index contributed by atoms with van der Waals surface area (Å²) in [6.45, 7) is 0. The molecule has 0 N–H and O–H groups in total. The lowest BCUT2D eigenvalue weighted by atomic mass is 10.2. The van der Waals surface area contributed by atoms with Crippen molar-refractivity contribution in [2.45, 2.75) is 0 Å². The Kier molecular flexibility index (Phi) is 2.90. The van der Waals surface area contributed by atoms with E-state index in [1.165, 1.54) is 10.4 Å². The Morgan fingerprint density at radius 2 is 1.57 bits per heavy atom. The summed E-state index contributed by atoms with van der Waals surface area (Å²) in [6, 6.07) is 12.6. The summed E-state index contributed by atoms with van der Waals surface area (Å²) in [7, 11) is 0. The molecule has 0 radical (unpaired) electrons. The summed E-state index contributed by atoms with van der Waals surface area (Å²) in [5.74, 6) is 0. The Bertz CT molecular complexity index is 778. The van der Waals surface area contributed by atoms with E-state index in [9.17, 15) is 0 Å². The largest absolute Gasteiger partial charge is 0.303 e. The molecule has 0 aliphatic heterocycles. The highest BCUT2D eigenvalue weighted by Crippen LogP contribution is 2.35. The van der Waals surface area contributed by atoms with Crippen molar-refractivity contribution in [2.24, 2.45) is 0 Å². The van der Waals surface area contributed by atoms with Gasteiger partial charge in [-0.25, -0.2) is 9.97 Å². The van der Waals surface area contributed by atoms with Crippen molar-refractivity contribution in [2.75, 3.05) is 0 Å². The molecule has 4 rings (SSSR count). The second kappa shape index (κ2) is 5.03. The molecule has 0 aliphatic carbocycles. The van der Waals surface area contributed by atoms with Crippen LogP contribution >= 0.6 is 11.3 Å². The van der Waals surface area contributed by atoms with Gasteiger partial charge >= 0.3 is 0 Å². The third-order valence-corrected chi connectivity index (χ3v) is 4.46. The molecule has 102 valence electrons. The van der Waals surface area contributed by atoms with E-state index in [2.05, 4.69) is 40.3 Å². The molecular weight excluding hydrogens is 280 g/mol. The second-order valence-electron chi connectivity index (χ2n) is 4.61. The maximum absolute atomic E-state index is 4.15. The van der Waals surface area contributed by atoms with E-state index >= 15 is 0 Å². The lowest BCUT2D eigenvalue weighted by Gasteiger charge is -2.03. The summed E-state index contributed by atoms with van der Waals surface area (Å²) in [6.07, 6.45) is 11.1. The van der Waals surface area contributed by atoms with E-state index in [4.69, 9.17) is 0 Å². The van der Waals surface area contributed by atoms with E-state index in [-0.39, 0.29) is 0 Å². The number of benzene rings is 1. The average Bonchev–Trinajstić information content (AvgIpc) is 3.27. The zero-order valence-electron chi connectivity index (χ0n) is 11.1. The van der Waals surface area contributed by atoms with Crippen molar-refractivity contribution >= 4 is 11.3 Å². The van der Waals surface area contributed by atoms with Gasteiger partial charge in [0.1, 0.15) is 5.00 Å². The number of aromatic nitrogens is 4. The number of hydrogen-bond donors (Lipinski definition) is 0. The average molecular weight is 292 g/mol. The number of nitrogens with zero attached hydrogens (tertiary/aromatic N) is 4. The number of rotatable bonds is 3. The summed E-state index contributed by atoms with van der Waals surface area (Å²) >= 11 is 1.74. The van der Waals surface area contributed by atoms with Crippen LogP contribution in [-0.4, -0.2) is 19.1 Å². The minimum atomic E-state index is 1.11. The molecule has 3 heterocycles. The predicted octanol–water partition coefficient (Wildman–Crippen LogP) is 3.79. The Morgan fingerprint density at radius 3 is 2.24 bits per heavy atom. The molecule has 0 unspecified atom stereocenters. The van der Waals surface area contributed by atoms with Crippen LogP contribution in [0.4, 0.5) is 0 Å². The molecule has 3 aromatic heterocycles. The molecule has 0 aliphatic rings. The van der Waals surface area contributed by atoms with Gasteiger partial charge in [-0.05, 0) is 11.6 Å². The van der Waals surface area contributed by atoms with Gasteiger partial charge in [0, 0.05) is 29.7 Å². The number of thiophene rings is 1. The third kappa shape index (κ3) is 2.17. The first-order valence-corrected chi connectivity index (χ1v) is 7.39. The molecule has 1 aromatic carbocycles. The zero-order chi connectivity index (χ0) is 14.1. The first-order chi connectivity index (χ1) is 10.4. The summed E-state index contributed by atoms with van der Waals surface area (Å²) in [4.78, 5) is 9.52. The monoisotopic (exact) mass is 292 g/mol. The van der Waals surface area contributed by atoms with Gasteiger partial charge in [-0.1, -0.05) is 30.3 Å². The molecule has 5 heteroatoms. The van der Waals surface area contributed by atoms with Crippen molar-refractivity contribution < 1.29 is 0 Å². The highest BCUT2D eigenvalue weighted by Gasteiger charge is 2.13. The predicted molar refractivity (Wildman–Crippen MR) is 84.0 cm³/mol. The molecule has 21 heavy (non-hydrogen) atoms. The standard InChI is InChI=1S/C16H12N4S/c1-2-4-13(5-3-1)15-10-14(19-8-6-17-11-19)16(21-15)20-9-7-18-12-20/h1-12H. The first-order valence-electron chi connectivity index (χ1n) is 6.58. The molecule has 4 aromatic rings. The van der Waals surface area contributed by atoms with E-state index < -0.39 is 0 Å². The Labute approximate surface area is 126 Å². The molecule has 0 fully saturated rings. The molecular formula is C16H12N4S. The van der Waals surface area contributed by atoms with Crippen LogP contribution in [0.2, 0.25) is 0 Å². The van der Waals surface area contributed by atoms with Crippen molar-refractivity contribution in [3.8, 4) is 21.1 Å². The van der Waals surface area contributed by atoms with Gasteiger partial charge in [-0.3, -0.25) is 4.57 Å². The third-order valence-electron chi connectivity index (χ3n) is 3.27. The van der Waals surface area contributed by atoms with Gasteiger partial charge in [0.2, 0.25) is 0 Å². The van der Waals surface area contributed by atoms with Crippen LogP contribution in [0.15, 0.2) is 73.8 Å². The SMILES string of the molecule is c1ccc(-c2cc(-n3ccnc3)c(-n3ccnc3)s2)cc1. The zero-order valence-corrected chi connectivity index (χ0v) is 11.9. The topological polar surface area (TPSA) is 35.6 Å². The van der Waals surface area contributed by atoms with Gasteiger partial charge in [-0.2, -0.15) is 0 Å². The maximum Gasteiger partial charge on any atom is 0.125 e. The van der Waals surface area contributed by atoms with Gasteiger partial charge in [0.05, 0.1) is 18.3 Å². The van der Waals surface area contributed by atoms with Crippen molar-refractivity contribution in [3.63, 3.8) is 0 Å². The molecule has 0 saturated heterocycles. The fraction of sp³-hybridized carbons (Fsp3) is 0. The van der Waals surface area contributed by atoms with Crippen LogP contribution < -0.4 is 0 Å². The van der Waals surface area contributed by atoms with Gasteiger partial charge in [-0.15, -0.1) is 11.3 Å². The summed E-state index contributed by atoms with van der Waals surface area (Å²) in [5, 5.41) is 1.13. The Hall–Kier alpha value is -2.66. The summed E-state index contributed by atoms with van der Waals surface area (Å²) < 4.78 is 4.06. The minimum absolute atomic E-state index is 1.11. The van der Waals surface area contributed by atoms with Gasteiger partial charge in [0.15, 0.2) is 0 Å². The smallest absolute Gasteiger partial charge is 0.125 e. The van der Waals surface area contributed by atoms with Crippen molar-refractivity contribution in [1.29, 1.82) is 0 Å². The maximum atomic E-state index is 4.15. The van der Waals surface area contributed by atoms with Crippen LogP contribution in [0.1, 0.15) is 0 Å². The van der Waals surface area contributed by atoms with Crippen LogP contribution in [0, 0.1) is 0 Å². The second-order valence-corrected chi connectivity index (χ2v) is 5.64. The number of imidazole rings is 2. The van der Waals surface area contributed by atoms with E-state index in [0.717, 1.165) is 10.7 Å². The van der Waals surface area contributed by atoms with Gasteiger partial charge in [0.25, 0.3) is 0 Å². The van der Waals surface area contributed by atoms with E-state index in [1.54, 1.807) is 23.7 Å². The first kappa shape index (κ1) is 12.1. The normalized spacial score (nSPS) is 10.9. The molecule has 0 saturated carbocycles. The van der Waals surface area contributed by atoms with Crippen LogP contribution in [-0.2, 0) is 0 Å². The van der Waals surface area contributed by atoms with Crippen molar-refractivity contribution in [1.82, 2.24) is 19.1 Å². The van der Waals surface area contributed by atoms with E-state index in [1.807, 2.05) is 40.2 Å². The highest BCUT2D eigenvalue weighted by atomic mass is 32.1. The van der Waals surface area contributed by atoms with Gasteiger partial charge < -0.3 is 4.57 Å². The van der Waals surface area contributed by atoms with E-state index in [0.29, 0.717) is 0 Å². The molecule has 0 spiro atoms. The van der Waals surface area contributed by atoms with Crippen LogP contribution in [0.5, 0.6) is 0 Å². The van der Waals surface area contributed by atoms with Crippen LogP contribution in [0.3, 0.4) is 0 Å². The fourth-order valence-electron chi connectivity index (χ4n) is 2.27.